The van der Waals surface area contributed by atoms with Crippen LogP contribution in [-0.4, -0.2) is 48.9 Å². The molecule has 1 heterocycles. The summed E-state index contributed by atoms with van der Waals surface area (Å²) in [7, 11) is 1.64. The van der Waals surface area contributed by atoms with Gasteiger partial charge in [-0.3, -0.25) is 0 Å². The van der Waals surface area contributed by atoms with Gasteiger partial charge in [-0.2, -0.15) is 0 Å². The van der Waals surface area contributed by atoms with Crippen LogP contribution in [-0.2, 0) is 4.74 Å². The van der Waals surface area contributed by atoms with E-state index in [0.717, 1.165) is 12.0 Å². The minimum atomic E-state index is -0.433. The van der Waals surface area contributed by atoms with E-state index in [1.54, 1.807) is 12.0 Å². The predicted molar refractivity (Wildman–Crippen MR) is 81.0 cm³/mol. The van der Waals surface area contributed by atoms with Crippen LogP contribution in [0.15, 0.2) is 30.3 Å². The number of aliphatic hydroxyl groups is 1. The van der Waals surface area contributed by atoms with Crippen LogP contribution in [0.1, 0.15) is 25.0 Å². The maximum Gasteiger partial charge on any atom is 0.317 e. The molecule has 21 heavy (non-hydrogen) atoms. The van der Waals surface area contributed by atoms with Gasteiger partial charge in [-0.25, -0.2) is 4.79 Å². The Bertz CT molecular complexity index is 452. The molecule has 0 spiro atoms. The molecule has 2 N–H and O–H groups in total. The highest BCUT2D eigenvalue weighted by molar-refractivity contribution is 5.74. The fourth-order valence-corrected chi connectivity index (χ4v) is 2.53. The molecule has 1 aliphatic heterocycles. The van der Waals surface area contributed by atoms with E-state index in [1.165, 1.54) is 0 Å². The quantitative estimate of drug-likeness (QED) is 0.889. The van der Waals surface area contributed by atoms with Crippen LogP contribution < -0.4 is 5.32 Å². The number of rotatable bonds is 4. The number of hydrogen-bond acceptors (Lipinski definition) is 3. The van der Waals surface area contributed by atoms with Crippen molar-refractivity contribution in [1.82, 2.24) is 10.2 Å². The molecule has 0 aliphatic carbocycles. The Hall–Kier alpha value is -1.59. The predicted octanol–water partition coefficient (Wildman–Crippen LogP) is 1.79. The number of methoxy groups -OCH3 is 1. The second kappa shape index (κ2) is 7.43. The van der Waals surface area contributed by atoms with E-state index in [0.29, 0.717) is 19.6 Å². The summed E-state index contributed by atoms with van der Waals surface area (Å²) in [6.45, 7) is 3.51. The molecule has 3 atom stereocenters. The van der Waals surface area contributed by atoms with Gasteiger partial charge in [0.2, 0.25) is 0 Å². The van der Waals surface area contributed by atoms with E-state index in [-0.39, 0.29) is 18.1 Å². The molecular weight excluding hydrogens is 268 g/mol. The molecule has 1 fully saturated rings. The second-order valence-electron chi connectivity index (χ2n) is 5.60. The lowest BCUT2D eigenvalue weighted by molar-refractivity contribution is 0.0418. The van der Waals surface area contributed by atoms with Crippen molar-refractivity contribution in [1.29, 1.82) is 0 Å². The highest BCUT2D eigenvalue weighted by Gasteiger charge is 2.27. The normalized spacial score (nSPS) is 23.7. The molecular formula is C16H24N2O3. The van der Waals surface area contributed by atoms with Crippen molar-refractivity contribution in [3.63, 3.8) is 0 Å². The number of ether oxygens (including phenoxy) is 1. The van der Waals surface area contributed by atoms with Gasteiger partial charge in [-0.05, 0) is 17.9 Å². The average Bonchev–Trinajstić information content (AvgIpc) is 2.51. The van der Waals surface area contributed by atoms with Crippen molar-refractivity contribution in [2.45, 2.75) is 25.6 Å². The number of piperidine rings is 1. The van der Waals surface area contributed by atoms with E-state index < -0.39 is 6.10 Å². The number of carbonyl (C=O) groups is 1. The van der Waals surface area contributed by atoms with Gasteiger partial charge < -0.3 is 20.1 Å². The lowest BCUT2D eigenvalue weighted by Crippen LogP contribution is -2.50. The summed E-state index contributed by atoms with van der Waals surface area (Å²) in [5.74, 6) is 0.255. The number of aliphatic hydroxyl groups excluding tert-OH is 1. The number of likely N-dealkylation sites (tertiary alicyclic amines) is 1. The van der Waals surface area contributed by atoms with Gasteiger partial charge in [0.1, 0.15) is 0 Å². The Labute approximate surface area is 125 Å². The molecule has 0 bridgehead atoms. The average molecular weight is 292 g/mol. The van der Waals surface area contributed by atoms with E-state index in [2.05, 4.69) is 5.32 Å². The molecule has 1 aromatic rings. The largest absolute Gasteiger partial charge is 0.391 e. The third-order valence-corrected chi connectivity index (χ3v) is 4.10. The van der Waals surface area contributed by atoms with E-state index in [4.69, 9.17) is 4.74 Å². The zero-order valence-electron chi connectivity index (χ0n) is 12.7. The number of urea groups is 1. The van der Waals surface area contributed by atoms with Gasteiger partial charge >= 0.3 is 6.03 Å². The standard InChI is InChI=1S/C16H24N2O3/c1-12-8-9-18(11-14(12)19)16(20)17-10-15(21-2)13-6-4-3-5-7-13/h3-7,12,14-15,19H,8-11H2,1-2H3,(H,17,20). The van der Waals surface area contributed by atoms with Crippen LogP contribution in [0.2, 0.25) is 0 Å². The number of carbonyl (C=O) groups excluding carboxylic acids is 1. The van der Waals surface area contributed by atoms with Crippen molar-refractivity contribution in [3.8, 4) is 0 Å². The molecule has 0 saturated carbocycles. The van der Waals surface area contributed by atoms with E-state index in [1.807, 2.05) is 37.3 Å². The molecule has 5 heteroatoms. The Morgan fingerprint density at radius 2 is 2.19 bits per heavy atom. The first-order valence-electron chi connectivity index (χ1n) is 7.40. The third kappa shape index (κ3) is 4.19. The maximum absolute atomic E-state index is 12.2. The van der Waals surface area contributed by atoms with Crippen molar-refractivity contribution >= 4 is 6.03 Å². The molecule has 1 saturated heterocycles. The molecule has 2 amide bonds. The maximum atomic E-state index is 12.2. The lowest BCUT2D eigenvalue weighted by atomic mass is 9.96. The zero-order chi connectivity index (χ0) is 15.2. The minimum absolute atomic E-state index is 0.140. The van der Waals surface area contributed by atoms with Crippen molar-refractivity contribution in [2.24, 2.45) is 5.92 Å². The smallest absolute Gasteiger partial charge is 0.317 e. The molecule has 0 radical (unpaired) electrons. The molecule has 1 aromatic carbocycles. The zero-order valence-corrected chi connectivity index (χ0v) is 12.7. The SMILES string of the molecule is COC(CNC(=O)N1CCC(C)C(O)C1)c1ccccc1. The van der Waals surface area contributed by atoms with Gasteiger partial charge in [0, 0.05) is 26.7 Å². The summed E-state index contributed by atoms with van der Waals surface area (Å²) in [5, 5.41) is 12.7. The number of benzene rings is 1. The number of nitrogens with one attached hydrogen (secondary N) is 1. The van der Waals surface area contributed by atoms with Gasteiger partial charge in [-0.1, -0.05) is 37.3 Å². The van der Waals surface area contributed by atoms with Gasteiger partial charge in [0.05, 0.1) is 12.2 Å². The summed E-state index contributed by atoms with van der Waals surface area (Å²) in [5.41, 5.74) is 1.03. The number of nitrogens with zero attached hydrogens (tertiary/aromatic N) is 1. The Morgan fingerprint density at radius 3 is 2.81 bits per heavy atom. The molecule has 1 aliphatic rings. The summed E-state index contributed by atoms with van der Waals surface area (Å²) in [6.07, 6.45) is 0.238. The third-order valence-electron chi connectivity index (χ3n) is 4.10. The van der Waals surface area contributed by atoms with Crippen LogP contribution >= 0.6 is 0 Å². The number of amides is 2. The highest BCUT2D eigenvalue weighted by atomic mass is 16.5. The van der Waals surface area contributed by atoms with Crippen LogP contribution in [0.4, 0.5) is 4.79 Å². The summed E-state index contributed by atoms with van der Waals surface area (Å²) >= 11 is 0. The molecule has 2 rings (SSSR count). The Morgan fingerprint density at radius 1 is 1.48 bits per heavy atom. The van der Waals surface area contributed by atoms with Gasteiger partial charge in [0.15, 0.2) is 0 Å². The fourth-order valence-electron chi connectivity index (χ4n) is 2.53. The van der Waals surface area contributed by atoms with Crippen LogP contribution in [0.25, 0.3) is 0 Å². The second-order valence-corrected chi connectivity index (χ2v) is 5.60. The van der Waals surface area contributed by atoms with E-state index >= 15 is 0 Å². The number of hydrogen-bond donors (Lipinski definition) is 2. The highest BCUT2D eigenvalue weighted by Crippen LogP contribution is 2.18. The Balaban J connectivity index is 1.85. The van der Waals surface area contributed by atoms with Gasteiger partial charge in [0.25, 0.3) is 0 Å². The van der Waals surface area contributed by atoms with Crippen molar-refractivity contribution in [2.75, 3.05) is 26.7 Å². The molecule has 116 valence electrons. The summed E-state index contributed by atoms with van der Waals surface area (Å²) in [6, 6.07) is 9.67. The van der Waals surface area contributed by atoms with Crippen LogP contribution in [0.5, 0.6) is 0 Å². The van der Waals surface area contributed by atoms with E-state index in [9.17, 15) is 9.90 Å². The topological polar surface area (TPSA) is 61.8 Å². The van der Waals surface area contributed by atoms with Gasteiger partial charge in [-0.15, -0.1) is 0 Å². The Kier molecular flexibility index (Phi) is 5.59. The summed E-state index contributed by atoms with van der Waals surface area (Å²) in [4.78, 5) is 13.8. The van der Waals surface area contributed by atoms with Crippen LogP contribution in [0, 0.1) is 5.92 Å². The first kappa shape index (κ1) is 15.8. The minimum Gasteiger partial charge on any atom is -0.391 e. The van der Waals surface area contributed by atoms with Crippen LogP contribution in [0.3, 0.4) is 0 Å². The first-order chi connectivity index (χ1) is 10.1. The number of β-amino-alcohol motifs (C(OH)–C–C–N with tert-alkyl or cyclic N) is 1. The fraction of sp³-hybridized carbons (Fsp3) is 0.562. The molecule has 3 unspecified atom stereocenters. The molecule has 0 aromatic heterocycles. The summed E-state index contributed by atoms with van der Waals surface area (Å²) < 4.78 is 5.43. The van der Waals surface area contributed by atoms with Crippen molar-refractivity contribution in [3.05, 3.63) is 35.9 Å². The van der Waals surface area contributed by atoms with Crippen molar-refractivity contribution < 1.29 is 14.6 Å². The lowest BCUT2D eigenvalue weighted by Gasteiger charge is -2.34. The molecule has 5 nitrogen and oxygen atoms in total. The monoisotopic (exact) mass is 292 g/mol. The first-order valence-corrected chi connectivity index (χ1v) is 7.40.